The van der Waals surface area contributed by atoms with Gasteiger partial charge in [-0.15, -0.1) is 0 Å². The average Bonchev–Trinajstić information content (AvgIpc) is 3.07. The van der Waals surface area contributed by atoms with Crippen molar-refractivity contribution in [1.29, 1.82) is 0 Å². The summed E-state index contributed by atoms with van der Waals surface area (Å²) >= 11 is 0. The second-order valence-electron chi connectivity index (χ2n) is 12.7. The molecule has 4 aromatic carbocycles. The fourth-order valence-corrected chi connectivity index (χ4v) is 5.86. The van der Waals surface area contributed by atoms with Crippen molar-refractivity contribution in [3.8, 4) is 44.8 Å². The maximum atomic E-state index is 13.8. The number of halogens is 6. The minimum atomic E-state index is -4.60. The lowest BCUT2D eigenvalue weighted by molar-refractivity contribution is -0.138. The normalized spacial score (nSPS) is 12.3. The maximum absolute atomic E-state index is 13.8. The van der Waals surface area contributed by atoms with E-state index in [2.05, 4.69) is 18.2 Å². The van der Waals surface area contributed by atoms with Crippen LogP contribution in [0.4, 0.5) is 26.3 Å². The Balaban J connectivity index is 1.52. The molecule has 0 bridgehead atoms. The molecule has 2 aromatic heterocycles. The van der Waals surface area contributed by atoms with Crippen LogP contribution in [0, 0.1) is 13.8 Å². The molecule has 0 fully saturated rings. The maximum Gasteiger partial charge on any atom is 0.416 e. The predicted molar refractivity (Wildman–Crippen MR) is 182 cm³/mol. The minimum Gasteiger partial charge on any atom is -0.251 e. The molecule has 2 heterocycles. The van der Waals surface area contributed by atoms with Crippen LogP contribution in [0.25, 0.3) is 44.8 Å². The van der Waals surface area contributed by atoms with Crippen LogP contribution in [0.1, 0.15) is 47.5 Å². The molecule has 0 unspecified atom stereocenters. The van der Waals surface area contributed by atoms with Crippen molar-refractivity contribution < 1.29 is 26.3 Å². The summed E-state index contributed by atoms with van der Waals surface area (Å²) in [6.45, 7) is 7.92. The number of pyridine rings is 2. The molecular weight excluding hydrogens is 634 g/mol. The van der Waals surface area contributed by atoms with E-state index in [9.17, 15) is 26.3 Å². The molecule has 0 N–H and O–H groups in total. The van der Waals surface area contributed by atoms with Crippen molar-refractivity contribution in [2.75, 3.05) is 0 Å². The van der Waals surface area contributed by atoms with E-state index in [0.717, 1.165) is 57.8 Å². The van der Waals surface area contributed by atoms with Crippen molar-refractivity contribution in [1.82, 2.24) is 9.97 Å². The monoisotopic (exact) mass is 666 g/mol. The van der Waals surface area contributed by atoms with Gasteiger partial charge in [-0.3, -0.25) is 9.97 Å². The van der Waals surface area contributed by atoms with Crippen LogP contribution in [0.3, 0.4) is 0 Å². The second-order valence-corrected chi connectivity index (χ2v) is 12.7. The fraction of sp³-hybridized carbons (Fsp3) is 0.171. The van der Waals surface area contributed by atoms with E-state index in [1.807, 2.05) is 70.2 Å². The molecule has 6 aromatic rings. The van der Waals surface area contributed by atoms with E-state index >= 15 is 0 Å². The molecule has 0 saturated heterocycles. The second kappa shape index (κ2) is 12.7. The Kier molecular flexibility index (Phi) is 8.69. The summed E-state index contributed by atoms with van der Waals surface area (Å²) in [7, 11) is 0. The van der Waals surface area contributed by atoms with Crippen LogP contribution in [-0.4, -0.2) is 9.97 Å². The first-order valence-electron chi connectivity index (χ1n) is 15.6. The molecule has 49 heavy (non-hydrogen) atoms. The Morgan fingerprint density at radius 3 is 1.39 bits per heavy atom. The van der Waals surface area contributed by atoms with Gasteiger partial charge in [-0.2, -0.15) is 26.3 Å². The van der Waals surface area contributed by atoms with Gasteiger partial charge in [0.05, 0.1) is 33.9 Å². The number of benzene rings is 4. The summed E-state index contributed by atoms with van der Waals surface area (Å²) in [6, 6.07) is 33.0. The molecule has 248 valence electrons. The van der Waals surface area contributed by atoms with E-state index in [0.29, 0.717) is 22.5 Å². The lowest BCUT2D eigenvalue weighted by Crippen LogP contribution is -2.23. The highest BCUT2D eigenvalue weighted by atomic mass is 19.4. The zero-order chi connectivity index (χ0) is 35.1. The summed E-state index contributed by atoms with van der Waals surface area (Å²) in [5, 5.41) is 0. The Morgan fingerprint density at radius 1 is 0.429 bits per heavy atom. The first-order chi connectivity index (χ1) is 23.1. The van der Waals surface area contributed by atoms with Gasteiger partial charge in [0, 0.05) is 27.7 Å². The van der Waals surface area contributed by atoms with Gasteiger partial charge >= 0.3 is 12.4 Å². The van der Waals surface area contributed by atoms with Crippen LogP contribution in [-0.2, 0) is 17.8 Å². The van der Waals surface area contributed by atoms with Gasteiger partial charge < -0.3 is 0 Å². The Labute approximate surface area is 281 Å². The molecule has 0 aliphatic rings. The highest BCUT2D eigenvalue weighted by Crippen LogP contribution is 2.41. The van der Waals surface area contributed by atoms with Gasteiger partial charge in [0.1, 0.15) is 0 Å². The lowest BCUT2D eigenvalue weighted by atomic mass is 9.82. The van der Waals surface area contributed by atoms with Gasteiger partial charge in [0.2, 0.25) is 0 Å². The average molecular weight is 667 g/mol. The van der Waals surface area contributed by atoms with Crippen molar-refractivity contribution in [3.05, 3.63) is 155 Å². The van der Waals surface area contributed by atoms with E-state index < -0.39 is 28.9 Å². The summed E-state index contributed by atoms with van der Waals surface area (Å²) in [4.78, 5) is 10.1. The van der Waals surface area contributed by atoms with Crippen molar-refractivity contribution in [2.45, 2.75) is 45.5 Å². The van der Waals surface area contributed by atoms with Crippen molar-refractivity contribution >= 4 is 0 Å². The summed E-state index contributed by atoms with van der Waals surface area (Å²) in [5.74, 6) is 0. The van der Waals surface area contributed by atoms with Crippen LogP contribution in [0.15, 0.2) is 121 Å². The molecule has 8 heteroatoms. The fourth-order valence-electron chi connectivity index (χ4n) is 5.86. The molecule has 0 radical (unpaired) electrons. The Bertz CT molecular complexity index is 2130. The third kappa shape index (κ3) is 7.00. The van der Waals surface area contributed by atoms with Crippen LogP contribution < -0.4 is 0 Å². The number of rotatable bonds is 6. The van der Waals surface area contributed by atoms with Crippen LogP contribution in [0.5, 0.6) is 0 Å². The Morgan fingerprint density at radius 2 is 0.898 bits per heavy atom. The van der Waals surface area contributed by atoms with E-state index in [4.69, 9.17) is 9.97 Å². The largest absolute Gasteiger partial charge is 0.416 e. The molecule has 0 atom stereocenters. The number of hydrogen-bond donors (Lipinski definition) is 0. The quantitative estimate of drug-likeness (QED) is 0.165. The summed E-state index contributed by atoms with van der Waals surface area (Å²) < 4.78 is 81.4. The molecule has 0 amide bonds. The predicted octanol–water partition coefficient (Wildman–Crippen LogP) is 12.1. The van der Waals surface area contributed by atoms with Gasteiger partial charge in [0.25, 0.3) is 0 Å². The molecule has 0 aliphatic heterocycles. The highest BCUT2D eigenvalue weighted by Gasteiger charge is 2.33. The number of nitrogens with zero attached hydrogens (tertiary/aromatic N) is 2. The molecule has 0 spiro atoms. The zero-order valence-electron chi connectivity index (χ0n) is 27.2. The lowest BCUT2D eigenvalue weighted by Gasteiger charge is -2.26. The number of hydrogen-bond acceptors (Lipinski definition) is 2. The summed E-state index contributed by atoms with van der Waals surface area (Å²) in [5.41, 5.74) is 5.75. The van der Waals surface area contributed by atoms with Gasteiger partial charge in [-0.05, 0) is 81.3 Å². The molecule has 0 aliphatic carbocycles. The van der Waals surface area contributed by atoms with Gasteiger partial charge in [-0.1, -0.05) is 90.0 Å². The van der Waals surface area contributed by atoms with Gasteiger partial charge in [0.15, 0.2) is 0 Å². The third-order valence-corrected chi connectivity index (χ3v) is 8.71. The number of aryl methyl sites for hydroxylation is 2. The van der Waals surface area contributed by atoms with Crippen molar-refractivity contribution in [3.63, 3.8) is 0 Å². The SMILES string of the molecule is Cc1ccc(-c2ccc(C(C)(C)c3ccc(-c4ccc(C(F)(F)F)cc4)c(-c4cccc(C(F)(F)F)c4)n3)nc2-c2cccc(C)c2)cc1. The summed E-state index contributed by atoms with van der Waals surface area (Å²) in [6.07, 6.45) is -9.13. The van der Waals surface area contributed by atoms with E-state index in [1.165, 1.54) is 24.3 Å². The molecule has 0 saturated carbocycles. The molecule has 6 rings (SSSR count). The molecular formula is C41H32F6N2. The zero-order valence-corrected chi connectivity index (χ0v) is 27.2. The standard InChI is InChI=1S/C41H32F6N2/c1-25-11-13-27(14-12-25)33-19-21-35(48-37(33)29-8-5-7-26(2)23-29)39(3,4)36-22-20-34(28-15-17-31(18-16-28)40(42,43)44)38(49-36)30-9-6-10-32(24-30)41(45,46)47/h5-24H,1-4H3. The van der Waals surface area contributed by atoms with E-state index in [1.54, 1.807) is 12.1 Å². The number of aromatic nitrogens is 2. The highest BCUT2D eigenvalue weighted by molar-refractivity contribution is 5.83. The Hall–Kier alpha value is -5.24. The first-order valence-corrected chi connectivity index (χ1v) is 15.6. The minimum absolute atomic E-state index is 0.186. The van der Waals surface area contributed by atoms with Crippen LogP contribution in [0.2, 0.25) is 0 Å². The number of alkyl halides is 6. The van der Waals surface area contributed by atoms with E-state index in [-0.39, 0.29) is 11.3 Å². The topological polar surface area (TPSA) is 25.8 Å². The smallest absolute Gasteiger partial charge is 0.251 e. The third-order valence-electron chi connectivity index (χ3n) is 8.71. The van der Waals surface area contributed by atoms with Gasteiger partial charge in [-0.25, -0.2) is 0 Å². The molecule has 2 nitrogen and oxygen atoms in total. The van der Waals surface area contributed by atoms with Crippen molar-refractivity contribution in [2.24, 2.45) is 0 Å². The van der Waals surface area contributed by atoms with Crippen LogP contribution >= 0.6 is 0 Å². The first kappa shape index (κ1) is 33.7.